The van der Waals surface area contributed by atoms with Gasteiger partial charge in [0.2, 0.25) is 6.04 Å². The molecule has 2 aromatic carbocycles. The number of aliphatic hydroxyl groups is 1. The highest BCUT2D eigenvalue weighted by atomic mass is 16.6. The topological polar surface area (TPSA) is 67.2 Å². The van der Waals surface area contributed by atoms with Gasteiger partial charge in [-0.15, -0.1) is 0 Å². The van der Waals surface area contributed by atoms with Crippen molar-refractivity contribution in [3.8, 4) is 0 Å². The standard InChI is InChI=1S/C19H17N2O3/c22-19(16-11-5-6-12-17(16)21(23)24)18(15-9-3-1-4-10-15)20-13-7-2-8-14-20/h1-14,18-19,22H/q+1. The molecule has 0 spiro atoms. The summed E-state index contributed by atoms with van der Waals surface area (Å²) in [5.41, 5.74) is 1.09. The van der Waals surface area contributed by atoms with E-state index in [0.29, 0.717) is 5.56 Å². The predicted octanol–water partition coefficient (Wildman–Crippen LogP) is 3.21. The molecule has 0 saturated heterocycles. The summed E-state index contributed by atoms with van der Waals surface area (Å²) in [6, 6.07) is 20.9. The number of nitro groups is 1. The number of pyridine rings is 1. The quantitative estimate of drug-likeness (QED) is 0.446. The van der Waals surface area contributed by atoms with Crippen LogP contribution < -0.4 is 4.57 Å². The van der Waals surface area contributed by atoms with Crippen molar-refractivity contribution in [1.82, 2.24) is 0 Å². The summed E-state index contributed by atoms with van der Waals surface area (Å²) < 4.78 is 1.86. The van der Waals surface area contributed by atoms with Crippen LogP contribution in [0.2, 0.25) is 0 Å². The Morgan fingerprint density at radius 3 is 2.12 bits per heavy atom. The van der Waals surface area contributed by atoms with E-state index < -0.39 is 17.1 Å². The number of rotatable bonds is 5. The van der Waals surface area contributed by atoms with Crippen LogP contribution in [0.5, 0.6) is 0 Å². The minimum absolute atomic E-state index is 0.0811. The van der Waals surface area contributed by atoms with Crippen LogP contribution in [0.3, 0.4) is 0 Å². The maximum Gasteiger partial charge on any atom is 0.275 e. The molecule has 120 valence electrons. The summed E-state index contributed by atoms with van der Waals surface area (Å²) in [6.45, 7) is 0. The molecule has 3 aromatic rings. The Labute approximate surface area is 139 Å². The largest absolute Gasteiger partial charge is 0.381 e. The van der Waals surface area contributed by atoms with Gasteiger partial charge in [0.15, 0.2) is 18.5 Å². The molecule has 0 aliphatic heterocycles. The Bertz CT molecular complexity index is 783. The molecule has 5 heteroatoms. The van der Waals surface area contributed by atoms with Gasteiger partial charge in [0, 0.05) is 23.8 Å². The number of nitrogens with zero attached hydrogens (tertiary/aromatic N) is 2. The molecule has 3 rings (SSSR count). The molecule has 0 aliphatic carbocycles. The van der Waals surface area contributed by atoms with E-state index in [9.17, 15) is 15.2 Å². The molecule has 0 amide bonds. The third-order valence-corrected chi connectivity index (χ3v) is 3.95. The van der Waals surface area contributed by atoms with Gasteiger partial charge in [0.1, 0.15) is 0 Å². The van der Waals surface area contributed by atoms with Crippen LogP contribution >= 0.6 is 0 Å². The number of para-hydroxylation sites is 1. The lowest BCUT2D eigenvalue weighted by Crippen LogP contribution is -2.42. The van der Waals surface area contributed by atoms with Crippen molar-refractivity contribution in [3.63, 3.8) is 0 Å². The molecule has 0 radical (unpaired) electrons. The zero-order valence-electron chi connectivity index (χ0n) is 12.9. The Hall–Kier alpha value is -3.05. The van der Waals surface area contributed by atoms with Crippen molar-refractivity contribution in [3.05, 3.63) is 106 Å². The van der Waals surface area contributed by atoms with Crippen LogP contribution in [0, 0.1) is 10.1 Å². The summed E-state index contributed by atoms with van der Waals surface area (Å²) in [5, 5.41) is 22.3. The van der Waals surface area contributed by atoms with Gasteiger partial charge < -0.3 is 5.11 Å². The molecular weight excluding hydrogens is 304 g/mol. The fraction of sp³-hybridized carbons (Fsp3) is 0.105. The molecular formula is C19H17N2O3+. The minimum atomic E-state index is -1.05. The van der Waals surface area contributed by atoms with Crippen LogP contribution in [0.25, 0.3) is 0 Å². The first-order chi connectivity index (χ1) is 11.7. The van der Waals surface area contributed by atoms with Crippen LogP contribution in [-0.2, 0) is 0 Å². The molecule has 2 unspecified atom stereocenters. The second kappa shape index (κ2) is 7.02. The van der Waals surface area contributed by atoms with Gasteiger partial charge in [0.05, 0.1) is 10.5 Å². The number of nitro benzene ring substituents is 1. The summed E-state index contributed by atoms with van der Waals surface area (Å²) in [4.78, 5) is 10.8. The molecule has 0 saturated carbocycles. The summed E-state index contributed by atoms with van der Waals surface area (Å²) in [7, 11) is 0. The lowest BCUT2D eigenvalue weighted by Gasteiger charge is -2.19. The van der Waals surface area contributed by atoms with Gasteiger partial charge in [-0.05, 0) is 6.07 Å². The van der Waals surface area contributed by atoms with Crippen molar-refractivity contribution in [2.45, 2.75) is 12.1 Å². The smallest absolute Gasteiger partial charge is 0.275 e. The van der Waals surface area contributed by atoms with E-state index in [-0.39, 0.29) is 5.69 Å². The van der Waals surface area contributed by atoms with Crippen molar-refractivity contribution < 1.29 is 14.6 Å². The van der Waals surface area contributed by atoms with E-state index in [1.807, 2.05) is 65.5 Å². The second-order valence-electron chi connectivity index (χ2n) is 5.44. The van der Waals surface area contributed by atoms with Crippen LogP contribution in [0.15, 0.2) is 85.2 Å². The SMILES string of the molecule is O=[N+]([O-])c1ccccc1C(O)C(c1ccccc1)[n+]1ccccc1. The summed E-state index contributed by atoms with van der Waals surface area (Å²) >= 11 is 0. The van der Waals surface area contributed by atoms with E-state index in [1.54, 1.807) is 18.2 Å². The van der Waals surface area contributed by atoms with Crippen molar-refractivity contribution in [2.24, 2.45) is 0 Å². The monoisotopic (exact) mass is 321 g/mol. The zero-order chi connectivity index (χ0) is 16.9. The van der Waals surface area contributed by atoms with E-state index in [0.717, 1.165) is 5.56 Å². The fourth-order valence-corrected chi connectivity index (χ4v) is 2.84. The molecule has 1 aromatic heterocycles. The molecule has 1 heterocycles. The van der Waals surface area contributed by atoms with E-state index in [2.05, 4.69) is 0 Å². The molecule has 0 aliphatic rings. The molecule has 24 heavy (non-hydrogen) atoms. The lowest BCUT2D eigenvalue weighted by molar-refractivity contribution is -0.722. The number of benzene rings is 2. The Morgan fingerprint density at radius 2 is 1.46 bits per heavy atom. The first-order valence-electron chi connectivity index (χ1n) is 7.60. The normalized spacial score (nSPS) is 13.2. The van der Waals surface area contributed by atoms with Gasteiger partial charge in [-0.3, -0.25) is 10.1 Å². The highest BCUT2D eigenvalue weighted by Crippen LogP contribution is 2.33. The Kier molecular flexibility index (Phi) is 4.63. The molecule has 0 fully saturated rings. The summed E-state index contributed by atoms with van der Waals surface area (Å²) in [6.07, 6.45) is 2.63. The number of hydrogen-bond acceptors (Lipinski definition) is 3. The van der Waals surface area contributed by atoms with Crippen LogP contribution in [0.4, 0.5) is 5.69 Å². The Balaban J connectivity index is 2.12. The summed E-state index contributed by atoms with van der Waals surface area (Å²) in [5.74, 6) is 0. The maximum absolute atomic E-state index is 11.3. The maximum atomic E-state index is 11.3. The average molecular weight is 321 g/mol. The molecule has 1 N–H and O–H groups in total. The lowest BCUT2D eigenvalue weighted by atomic mass is 9.94. The van der Waals surface area contributed by atoms with Gasteiger partial charge in [-0.2, -0.15) is 4.57 Å². The molecule has 5 nitrogen and oxygen atoms in total. The Morgan fingerprint density at radius 1 is 0.875 bits per heavy atom. The highest BCUT2D eigenvalue weighted by molar-refractivity contribution is 5.42. The number of aliphatic hydroxyl groups excluding tert-OH is 1. The number of aromatic nitrogens is 1. The molecule has 2 atom stereocenters. The van der Waals surface area contributed by atoms with E-state index in [4.69, 9.17) is 0 Å². The van der Waals surface area contributed by atoms with Crippen LogP contribution in [-0.4, -0.2) is 10.0 Å². The first-order valence-corrected chi connectivity index (χ1v) is 7.60. The average Bonchev–Trinajstić information content (AvgIpc) is 2.63. The minimum Gasteiger partial charge on any atom is -0.381 e. The highest BCUT2D eigenvalue weighted by Gasteiger charge is 2.34. The van der Waals surface area contributed by atoms with Gasteiger partial charge in [-0.25, -0.2) is 0 Å². The van der Waals surface area contributed by atoms with Gasteiger partial charge in [-0.1, -0.05) is 48.5 Å². The van der Waals surface area contributed by atoms with E-state index >= 15 is 0 Å². The van der Waals surface area contributed by atoms with Crippen molar-refractivity contribution in [2.75, 3.05) is 0 Å². The second-order valence-corrected chi connectivity index (χ2v) is 5.44. The van der Waals surface area contributed by atoms with E-state index in [1.165, 1.54) is 6.07 Å². The molecule has 0 bridgehead atoms. The third-order valence-electron chi connectivity index (χ3n) is 3.95. The third kappa shape index (κ3) is 3.16. The predicted molar refractivity (Wildman–Crippen MR) is 89.3 cm³/mol. The van der Waals surface area contributed by atoms with Gasteiger partial charge >= 0.3 is 0 Å². The van der Waals surface area contributed by atoms with Crippen LogP contribution in [0.1, 0.15) is 23.3 Å². The van der Waals surface area contributed by atoms with Crippen molar-refractivity contribution in [1.29, 1.82) is 0 Å². The van der Waals surface area contributed by atoms with Crippen molar-refractivity contribution >= 4 is 5.69 Å². The first kappa shape index (κ1) is 15.8. The fourth-order valence-electron chi connectivity index (χ4n) is 2.84. The zero-order valence-corrected chi connectivity index (χ0v) is 12.9. The van der Waals surface area contributed by atoms with Gasteiger partial charge in [0.25, 0.3) is 5.69 Å². The number of hydrogen-bond donors (Lipinski definition) is 1.